The molecule has 2 amide bonds. The molecule has 0 radical (unpaired) electrons. The average Bonchev–Trinajstić information content (AvgIpc) is 2.99. The minimum absolute atomic E-state index is 0.00661. The van der Waals surface area contributed by atoms with Gasteiger partial charge in [-0.25, -0.2) is 0 Å². The molecule has 2 heterocycles. The number of hydrogen-bond acceptors (Lipinski definition) is 3. The van der Waals surface area contributed by atoms with Crippen molar-refractivity contribution < 1.29 is 22.8 Å². The first kappa shape index (κ1) is 24.2. The Balaban J connectivity index is 1.72. The highest BCUT2D eigenvalue weighted by atomic mass is 19.4. The van der Waals surface area contributed by atoms with Crippen LogP contribution in [0.5, 0.6) is 0 Å². The van der Waals surface area contributed by atoms with Gasteiger partial charge in [0.2, 0.25) is 11.8 Å². The lowest BCUT2D eigenvalue weighted by Crippen LogP contribution is -2.39. The summed E-state index contributed by atoms with van der Waals surface area (Å²) in [5.74, 6) is -2.40. The quantitative estimate of drug-likeness (QED) is 0.297. The molecule has 1 atom stereocenters. The van der Waals surface area contributed by atoms with Gasteiger partial charge in [-0.05, 0) is 66.1 Å². The van der Waals surface area contributed by atoms with Crippen LogP contribution in [-0.2, 0) is 15.8 Å². The second-order valence-corrected chi connectivity index (χ2v) is 8.59. The molecule has 0 N–H and O–H groups in total. The molecule has 0 saturated carbocycles. The molecule has 5 rings (SSSR count). The topological polar surface area (TPSA) is 53.5 Å². The molecule has 3 aromatic carbocycles. The van der Waals surface area contributed by atoms with Crippen molar-refractivity contribution in [1.82, 2.24) is 4.98 Å². The molecule has 0 saturated heterocycles. The van der Waals surface area contributed by atoms with Gasteiger partial charge in [0, 0.05) is 24.6 Å². The molecule has 0 bridgehead atoms. The smallest absolute Gasteiger partial charge is 0.310 e. The zero-order chi connectivity index (χ0) is 26.2. The van der Waals surface area contributed by atoms with E-state index in [1.807, 2.05) is 12.1 Å². The van der Waals surface area contributed by atoms with Gasteiger partial charge in [-0.15, -0.1) is 0 Å². The molecule has 1 aliphatic rings. The molecule has 37 heavy (non-hydrogen) atoms. The van der Waals surface area contributed by atoms with E-state index in [0.717, 1.165) is 23.3 Å². The summed E-state index contributed by atoms with van der Waals surface area (Å²) < 4.78 is 41.1. The highest BCUT2D eigenvalue weighted by Gasteiger charge is 2.43. The van der Waals surface area contributed by atoms with Crippen LogP contribution >= 0.6 is 0 Å². The van der Waals surface area contributed by atoms with Crippen LogP contribution in [-0.4, -0.2) is 23.3 Å². The number of carbonyl (C=O) groups excluding carboxylic acids is 2. The maximum atomic E-state index is 14.2. The largest absolute Gasteiger partial charge is 0.416 e. The van der Waals surface area contributed by atoms with E-state index in [-0.39, 0.29) is 17.9 Å². The summed E-state index contributed by atoms with van der Waals surface area (Å²) in [6, 6.07) is 22.2. The number of para-hydroxylation sites is 1. The number of amides is 2. The first-order valence-corrected chi connectivity index (χ1v) is 11.7. The molecular weight excluding hydrogens is 479 g/mol. The zero-order valence-corrected chi connectivity index (χ0v) is 19.8. The zero-order valence-electron chi connectivity index (χ0n) is 19.8. The standard InChI is InChI=1S/C29H22F3N3O2/c1-2-34-24-14-13-22(29(30,31)32)17-25(24)35(23-11-4-3-5-12-23)28(37)26(27(34)36)20-9-6-8-19(16-20)21-10-7-15-33-18-21/h3-18,26H,2H2,1H3. The van der Waals surface area contributed by atoms with Crippen molar-refractivity contribution in [3.63, 3.8) is 0 Å². The van der Waals surface area contributed by atoms with E-state index < -0.39 is 29.5 Å². The predicted octanol–water partition coefficient (Wildman–Crippen LogP) is 6.58. The second-order valence-electron chi connectivity index (χ2n) is 8.59. The molecule has 1 aliphatic heterocycles. The van der Waals surface area contributed by atoms with Crippen molar-refractivity contribution in [2.75, 3.05) is 16.3 Å². The van der Waals surface area contributed by atoms with Crippen molar-refractivity contribution >= 4 is 28.9 Å². The van der Waals surface area contributed by atoms with E-state index in [2.05, 4.69) is 4.98 Å². The number of hydrogen-bond donors (Lipinski definition) is 0. The Kier molecular flexibility index (Phi) is 6.25. The lowest BCUT2D eigenvalue weighted by molar-refractivity contribution is -0.137. The first-order chi connectivity index (χ1) is 17.8. The highest BCUT2D eigenvalue weighted by molar-refractivity contribution is 6.23. The fraction of sp³-hybridized carbons (Fsp3) is 0.138. The van der Waals surface area contributed by atoms with Crippen LogP contribution in [0.25, 0.3) is 11.1 Å². The van der Waals surface area contributed by atoms with Gasteiger partial charge < -0.3 is 4.90 Å². The van der Waals surface area contributed by atoms with Crippen LogP contribution in [0, 0.1) is 0 Å². The molecule has 0 spiro atoms. The summed E-state index contributed by atoms with van der Waals surface area (Å²) in [5.41, 5.74) is 1.73. The van der Waals surface area contributed by atoms with E-state index in [4.69, 9.17) is 0 Å². The van der Waals surface area contributed by atoms with E-state index in [1.165, 1.54) is 15.9 Å². The number of aromatic nitrogens is 1. The van der Waals surface area contributed by atoms with Gasteiger partial charge in [0.05, 0.1) is 16.9 Å². The summed E-state index contributed by atoms with van der Waals surface area (Å²) in [7, 11) is 0. The number of pyridine rings is 1. The number of fused-ring (bicyclic) bond motifs is 1. The average molecular weight is 502 g/mol. The highest BCUT2D eigenvalue weighted by Crippen LogP contribution is 2.44. The van der Waals surface area contributed by atoms with Gasteiger partial charge in [0.1, 0.15) is 5.92 Å². The van der Waals surface area contributed by atoms with Gasteiger partial charge in [-0.2, -0.15) is 13.2 Å². The van der Waals surface area contributed by atoms with Gasteiger partial charge >= 0.3 is 6.18 Å². The molecule has 1 aromatic heterocycles. The molecule has 186 valence electrons. The number of likely N-dealkylation sites (N-methyl/N-ethyl adjacent to an activating group) is 1. The van der Waals surface area contributed by atoms with Gasteiger partial charge in [-0.3, -0.25) is 19.5 Å². The third kappa shape index (κ3) is 4.46. The number of nitrogens with zero attached hydrogens (tertiary/aromatic N) is 3. The van der Waals surface area contributed by atoms with Gasteiger partial charge in [0.15, 0.2) is 0 Å². The van der Waals surface area contributed by atoms with Crippen molar-refractivity contribution in [1.29, 1.82) is 0 Å². The lowest BCUT2D eigenvalue weighted by Gasteiger charge is -2.26. The van der Waals surface area contributed by atoms with E-state index >= 15 is 0 Å². The summed E-state index contributed by atoms with van der Waals surface area (Å²) >= 11 is 0. The molecule has 0 fully saturated rings. The Bertz CT molecular complexity index is 1460. The van der Waals surface area contributed by atoms with E-state index in [1.54, 1.807) is 73.9 Å². The first-order valence-electron chi connectivity index (χ1n) is 11.7. The predicted molar refractivity (Wildman–Crippen MR) is 135 cm³/mol. The van der Waals surface area contributed by atoms with Crippen LogP contribution in [0.1, 0.15) is 24.0 Å². The van der Waals surface area contributed by atoms with Crippen LogP contribution in [0.3, 0.4) is 0 Å². The van der Waals surface area contributed by atoms with E-state index in [0.29, 0.717) is 11.3 Å². The maximum absolute atomic E-state index is 14.2. The van der Waals surface area contributed by atoms with Crippen LogP contribution < -0.4 is 9.80 Å². The number of carbonyl (C=O) groups is 2. The molecule has 5 nitrogen and oxygen atoms in total. The SMILES string of the molecule is CCN1C(=O)C(c2cccc(-c3cccnc3)c2)C(=O)N(c2ccccc2)c2cc(C(F)(F)F)ccc21. The van der Waals surface area contributed by atoms with Crippen molar-refractivity contribution in [2.45, 2.75) is 19.0 Å². The number of rotatable bonds is 4. The molecular formula is C29H22F3N3O2. The lowest BCUT2D eigenvalue weighted by atomic mass is 9.93. The minimum atomic E-state index is -4.62. The van der Waals surface area contributed by atoms with Crippen molar-refractivity contribution in [2.24, 2.45) is 0 Å². The minimum Gasteiger partial charge on any atom is -0.310 e. The number of anilines is 3. The van der Waals surface area contributed by atoms with E-state index in [9.17, 15) is 22.8 Å². The Morgan fingerprint density at radius 3 is 2.24 bits per heavy atom. The van der Waals surface area contributed by atoms with Crippen molar-refractivity contribution in [3.05, 3.63) is 108 Å². The molecule has 4 aromatic rings. The molecule has 1 unspecified atom stereocenters. The van der Waals surface area contributed by atoms with Crippen molar-refractivity contribution in [3.8, 4) is 11.1 Å². The second kappa shape index (κ2) is 9.54. The fourth-order valence-corrected chi connectivity index (χ4v) is 4.62. The molecule has 8 heteroatoms. The normalized spacial score (nSPS) is 15.9. The monoisotopic (exact) mass is 501 g/mol. The summed E-state index contributed by atoms with van der Waals surface area (Å²) in [4.78, 5) is 34.8. The number of alkyl halides is 3. The Hall–Kier alpha value is -4.46. The number of benzene rings is 3. The summed E-state index contributed by atoms with van der Waals surface area (Å²) in [5, 5.41) is 0. The third-order valence-electron chi connectivity index (χ3n) is 6.36. The fourth-order valence-electron chi connectivity index (χ4n) is 4.62. The Labute approximate surface area is 211 Å². The Morgan fingerprint density at radius 2 is 1.57 bits per heavy atom. The van der Waals surface area contributed by atoms with Gasteiger partial charge in [-0.1, -0.05) is 42.5 Å². The number of halogens is 3. The molecule has 0 aliphatic carbocycles. The third-order valence-corrected chi connectivity index (χ3v) is 6.36. The Morgan fingerprint density at radius 1 is 0.811 bits per heavy atom. The van der Waals surface area contributed by atoms with Crippen LogP contribution in [0.4, 0.5) is 30.2 Å². The maximum Gasteiger partial charge on any atom is 0.416 e. The summed E-state index contributed by atoms with van der Waals surface area (Å²) in [6.07, 6.45) is -1.29. The van der Waals surface area contributed by atoms with Gasteiger partial charge in [0.25, 0.3) is 0 Å². The van der Waals surface area contributed by atoms with Crippen LogP contribution in [0.15, 0.2) is 97.3 Å². The van der Waals surface area contributed by atoms with Crippen LogP contribution in [0.2, 0.25) is 0 Å². The summed E-state index contributed by atoms with van der Waals surface area (Å²) in [6.45, 7) is 1.90.